The van der Waals surface area contributed by atoms with Crippen molar-refractivity contribution >= 4 is 49.1 Å². The number of carbonyl (C=O) groups excluding carboxylic acids is 1. The normalized spacial score (nSPS) is 14.0. The van der Waals surface area contributed by atoms with Gasteiger partial charge in [-0.3, -0.25) is 4.79 Å². The second-order valence-electron chi connectivity index (χ2n) is 2.96. The largest absolute Gasteiger partial charge is 0.337 e. The molecule has 0 bridgehead atoms. The molecule has 1 aromatic rings. The van der Waals surface area contributed by atoms with Gasteiger partial charge in [0.25, 0.3) is 5.91 Å². The van der Waals surface area contributed by atoms with Crippen molar-refractivity contribution in [1.82, 2.24) is 4.90 Å². The first kappa shape index (κ1) is 11.2. The summed E-state index contributed by atoms with van der Waals surface area (Å²) in [6.45, 7) is 0.738. The number of amides is 1. The van der Waals surface area contributed by atoms with Gasteiger partial charge in [-0.2, -0.15) is 0 Å². The molecule has 13 heavy (non-hydrogen) atoms. The summed E-state index contributed by atoms with van der Waals surface area (Å²) in [4.78, 5) is 13.2. The zero-order chi connectivity index (χ0) is 8.72. The molecule has 1 aliphatic heterocycles. The van der Waals surface area contributed by atoms with Gasteiger partial charge in [0.1, 0.15) is 0 Å². The molecule has 0 aromatic heterocycles. The fraction of sp³-hybridized carbons (Fsp3) is 0.222. The number of halogens is 1. The average molecular weight is 433 g/mol. The van der Waals surface area contributed by atoms with Gasteiger partial charge in [0, 0.05) is 50.9 Å². The number of nitrogens with zero attached hydrogens (tertiary/aromatic N) is 1. The van der Waals surface area contributed by atoms with Crippen LogP contribution < -0.4 is 0 Å². The van der Waals surface area contributed by atoms with Crippen LogP contribution in [0.1, 0.15) is 15.9 Å². The summed E-state index contributed by atoms with van der Waals surface area (Å²) in [6.07, 6.45) is 0. The molecular weight excluding hydrogens is 425 g/mol. The number of carbonyl (C=O) groups is 1. The van der Waals surface area contributed by atoms with Crippen LogP contribution in [0.15, 0.2) is 22.7 Å². The van der Waals surface area contributed by atoms with Crippen molar-refractivity contribution < 1.29 is 4.79 Å². The Morgan fingerprint density at radius 1 is 1.46 bits per heavy atom. The second kappa shape index (κ2) is 4.08. The van der Waals surface area contributed by atoms with Crippen LogP contribution in [0.25, 0.3) is 0 Å². The monoisotopic (exact) mass is 433 g/mol. The van der Waals surface area contributed by atoms with Crippen LogP contribution in [0.4, 0.5) is 0 Å². The summed E-state index contributed by atoms with van der Waals surface area (Å²) in [7, 11) is 1.82. The van der Waals surface area contributed by atoms with Gasteiger partial charge in [0.05, 0.1) is 0 Å². The summed E-state index contributed by atoms with van der Waals surface area (Å²) in [5, 5.41) is 0. The van der Waals surface area contributed by atoms with Crippen molar-refractivity contribution in [2.24, 2.45) is 0 Å². The van der Waals surface area contributed by atoms with Gasteiger partial charge < -0.3 is 4.90 Å². The maximum Gasteiger partial charge on any atom is 0.254 e. The predicted molar refractivity (Wildman–Crippen MR) is 55.7 cm³/mol. The molecular formula is C9H8BrNOPb. The number of rotatable bonds is 0. The Morgan fingerprint density at radius 2 is 2.15 bits per heavy atom. The summed E-state index contributed by atoms with van der Waals surface area (Å²) >= 11 is 3.34. The van der Waals surface area contributed by atoms with E-state index in [4.69, 9.17) is 0 Å². The van der Waals surface area contributed by atoms with E-state index in [1.807, 2.05) is 25.2 Å². The van der Waals surface area contributed by atoms with Gasteiger partial charge in [-0.25, -0.2) is 0 Å². The van der Waals surface area contributed by atoms with Crippen LogP contribution in [-0.2, 0) is 6.54 Å². The minimum atomic E-state index is 0. The van der Waals surface area contributed by atoms with Crippen molar-refractivity contribution in [1.29, 1.82) is 0 Å². The van der Waals surface area contributed by atoms with Gasteiger partial charge in [0.15, 0.2) is 0 Å². The summed E-state index contributed by atoms with van der Waals surface area (Å²) < 4.78 is 0.963. The minimum Gasteiger partial charge on any atom is -0.337 e. The second-order valence-corrected chi connectivity index (χ2v) is 3.88. The predicted octanol–water partition coefficient (Wildman–Crippen LogP) is 1.65. The Labute approximate surface area is 106 Å². The third-order valence-electron chi connectivity index (χ3n) is 2.06. The van der Waals surface area contributed by atoms with Crippen molar-refractivity contribution in [2.75, 3.05) is 7.05 Å². The molecule has 4 radical (unpaired) electrons. The molecule has 0 saturated carbocycles. The SMILES string of the molecule is CN1Cc2ccc(Br)cc2C1=O.[Pb]. The molecule has 0 saturated heterocycles. The van der Waals surface area contributed by atoms with Crippen LogP contribution in [0.3, 0.4) is 0 Å². The maximum atomic E-state index is 11.5. The van der Waals surface area contributed by atoms with E-state index in [-0.39, 0.29) is 33.2 Å². The van der Waals surface area contributed by atoms with E-state index in [9.17, 15) is 4.79 Å². The van der Waals surface area contributed by atoms with E-state index in [0.29, 0.717) is 0 Å². The van der Waals surface area contributed by atoms with Gasteiger partial charge in [-0.15, -0.1) is 0 Å². The van der Waals surface area contributed by atoms with Crippen LogP contribution >= 0.6 is 15.9 Å². The number of fused-ring (bicyclic) bond motifs is 1. The van der Waals surface area contributed by atoms with Crippen LogP contribution in [0.2, 0.25) is 0 Å². The first-order valence-corrected chi connectivity index (χ1v) is 4.51. The van der Waals surface area contributed by atoms with Crippen LogP contribution in [-0.4, -0.2) is 45.2 Å². The fourth-order valence-corrected chi connectivity index (χ4v) is 1.78. The summed E-state index contributed by atoms with van der Waals surface area (Å²) in [5.41, 5.74) is 1.94. The van der Waals surface area contributed by atoms with Gasteiger partial charge in [0.2, 0.25) is 0 Å². The minimum absolute atomic E-state index is 0. The average Bonchev–Trinajstić information content (AvgIpc) is 2.31. The van der Waals surface area contributed by atoms with Crippen molar-refractivity contribution in [3.63, 3.8) is 0 Å². The molecule has 0 atom stereocenters. The van der Waals surface area contributed by atoms with Crippen molar-refractivity contribution in [2.45, 2.75) is 6.54 Å². The van der Waals surface area contributed by atoms with Crippen molar-refractivity contribution in [3.8, 4) is 0 Å². The molecule has 1 amide bonds. The van der Waals surface area contributed by atoms with E-state index in [1.54, 1.807) is 4.90 Å². The summed E-state index contributed by atoms with van der Waals surface area (Å²) in [5.74, 6) is 0.117. The number of hydrogen-bond acceptors (Lipinski definition) is 1. The van der Waals surface area contributed by atoms with Crippen LogP contribution in [0, 0.1) is 0 Å². The first-order chi connectivity index (χ1) is 5.68. The topological polar surface area (TPSA) is 20.3 Å². The molecule has 2 nitrogen and oxygen atoms in total. The van der Waals surface area contributed by atoms with E-state index in [1.165, 1.54) is 0 Å². The Kier molecular flexibility index (Phi) is 3.51. The zero-order valence-corrected chi connectivity index (χ0v) is 12.6. The van der Waals surface area contributed by atoms with Gasteiger partial charge >= 0.3 is 0 Å². The molecule has 0 N–H and O–H groups in total. The van der Waals surface area contributed by atoms with E-state index >= 15 is 0 Å². The molecule has 66 valence electrons. The molecule has 0 fully saturated rings. The molecule has 1 aromatic carbocycles. The summed E-state index contributed by atoms with van der Waals surface area (Å²) in [6, 6.07) is 5.83. The molecule has 0 unspecified atom stereocenters. The Hall–Kier alpha value is 0.0921. The quantitative estimate of drug-likeness (QED) is 0.571. The van der Waals surface area contributed by atoms with Crippen molar-refractivity contribution in [3.05, 3.63) is 33.8 Å². The molecule has 0 aliphatic carbocycles. The Morgan fingerprint density at radius 3 is 2.85 bits per heavy atom. The molecule has 0 spiro atoms. The molecule has 1 heterocycles. The van der Waals surface area contributed by atoms with E-state index < -0.39 is 0 Å². The van der Waals surface area contributed by atoms with E-state index in [2.05, 4.69) is 15.9 Å². The number of benzene rings is 1. The Bertz CT molecular complexity index is 353. The van der Waals surface area contributed by atoms with Crippen LogP contribution in [0.5, 0.6) is 0 Å². The van der Waals surface area contributed by atoms with Gasteiger partial charge in [-0.1, -0.05) is 22.0 Å². The standard InChI is InChI=1S/C9H8BrNO.Pb/c1-11-5-6-2-3-7(10)4-8(6)9(11)12;/h2-4H,5H2,1H3;. The third kappa shape index (κ3) is 1.96. The molecule has 4 heteroatoms. The fourth-order valence-electron chi connectivity index (χ4n) is 1.42. The Balaban J connectivity index is 0.000000845. The smallest absolute Gasteiger partial charge is 0.254 e. The van der Waals surface area contributed by atoms with Gasteiger partial charge in [-0.05, 0) is 17.7 Å². The third-order valence-corrected chi connectivity index (χ3v) is 2.55. The first-order valence-electron chi connectivity index (χ1n) is 3.72. The number of hydrogen-bond donors (Lipinski definition) is 0. The molecule has 2 rings (SSSR count). The van der Waals surface area contributed by atoms with E-state index in [0.717, 1.165) is 22.1 Å². The maximum absolute atomic E-state index is 11.5. The molecule has 1 aliphatic rings. The zero-order valence-electron chi connectivity index (χ0n) is 7.17.